The minimum absolute atomic E-state index is 0.0995. The molecule has 0 spiro atoms. The molecule has 144 valence electrons. The van der Waals surface area contributed by atoms with E-state index in [0.717, 1.165) is 11.8 Å². The molecule has 0 aliphatic carbocycles. The summed E-state index contributed by atoms with van der Waals surface area (Å²) in [5.74, 6) is -0.807. The smallest absolute Gasteiger partial charge is 0.226 e. The summed E-state index contributed by atoms with van der Waals surface area (Å²) in [5, 5.41) is 3.22. The Bertz CT molecular complexity index is 913. The quantitative estimate of drug-likeness (QED) is 0.617. The molecule has 7 nitrogen and oxygen atoms in total. The first-order valence-electron chi connectivity index (χ1n) is 8.02. The van der Waals surface area contributed by atoms with Gasteiger partial charge in [0.1, 0.15) is 0 Å². The first kappa shape index (κ1) is 20.9. The summed E-state index contributed by atoms with van der Waals surface area (Å²) in [6, 6.07) is 12.5. The van der Waals surface area contributed by atoms with Gasteiger partial charge >= 0.3 is 0 Å². The Morgan fingerprint density at radius 1 is 1.07 bits per heavy atom. The minimum Gasteiger partial charge on any atom is -0.369 e. The van der Waals surface area contributed by atoms with Crippen LogP contribution in [0, 0.1) is 0 Å². The molecule has 0 saturated heterocycles. The number of amides is 2. The van der Waals surface area contributed by atoms with E-state index in [-0.39, 0.29) is 18.7 Å². The first-order chi connectivity index (χ1) is 12.6. The molecule has 0 aliphatic heterocycles. The number of hydrogen-bond acceptors (Lipinski definition) is 4. The van der Waals surface area contributed by atoms with Gasteiger partial charge in [-0.1, -0.05) is 35.9 Å². The van der Waals surface area contributed by atoms with E-state index in [9.17, 15) is 18.0 Å². The standard InChI is InChI=1S/C18H20ClN3O4S/c1-27(25,26)22-16(13-4-6-14(19)7-5-13)11-18(24)21-15-8-2-12(3-9-15)10-17(20)23/h2-9,16,22H,10-11H2,1H3,(H2,20,23)(H,21,24)/t16-/m1/s1. The van der Waals surface area contributed by atoms with Gasteiger partial charge < -0.3 is 11.1 Å². The first-order valence-corrected chi connectivity index (χ1v) is 10.3. The summed E-state index contributed by atoms with van der Waals surface area (Å²) in [5.41, 5.74) is 7.03. The van der Waals surface area contributed by atoms with Gasteiger partial charge in [0, 0.05) is 17.1 Å². The molecule has 1 atom stereocenters. The molecule has 0 bridgehead atoms. The molecule has 0 saturated carbocycles. The van der Waals surface area contributed by atoms with Crippen LogP contribution in [0.25, 0.3) is 0 Å². The Labute approximate surface area is 163 Å². The lowest BCUT2D eigenvalue weighted by molar-refractivity contribution is -0.118. The van der Waals surface area contributed by atoms with E-state index in [4.69, 9.17) is 17.3 Å². The Morgan fingerprint density at radius 3 is 2.19 bits per heavy atom. The maximum atomic E-state index is 12.4. The van der Waals surface area contributed by atoms with Crippen LogP contribution in [0.1, 0.15) is 23.6 Å². The fraction of sp³-hybridized carbons (Fsp3) is 0.222. The minimum atomic E-state index is -3.52. The van der Waals surface area contributed by atoms with E-state index >= 15 is 0 Å². The highest BCUT2D eigenvalue weighted by atomic mass is 35.5. The second-order valence-electron chi connectivity index (χ2n) is 6.09. The maximum absolute atomic E-state index is 12.4. The van der Waals surface area contributed by atoms with Gasteiger partial charge in [0.15, 0.2) is 0 Å². The molecule has 0 heterocycles. The second-order valence-corrected chi connectivity index (χ2v) is 8.30. The van der Waals surface area contributed by atoms with Crippen molar-refractivity contribution < 1.29 is 18.0 Å². The lowest BCUT2D eigenvalue weighted by Crippen LogP contribution is -2.30. The number of sulfonamides is 1. The number of carbonyl (C=O) groups excluding carboxylic acids is 2. The number of benzene rings is 2. The molecule has 4 N–H and O–H groups in total. The predicted octanol–water partition coefficient (Wildman–Crippen LogP) is 1.99. The number of nitrogens with one attached hydrogen (secondary N) is 2. The number of rotatable bonds is 8. The zero-order chi connectivity index (χ0) is 20.0. The molecule has 0 aromatic heterocycles. The fourth-order valence-electron chi connectivity index (χ4n) is 2.49. The van der Waals surface area contributed by atoms with Crippen molar-refractivity contribution in [3.05, 3.63) is 64.7 Å². The van der Waals surface area contributed by atoms with Crippen molar-refractivity contribution in [3.63, 3.8) is 0 Å². The van der Waals surface area contributed by atoms with Gasteiger partial charge in [-0.15, -0.1) is 0 Å². The molecular weight excluding hydrogens is 390 g/mol. The van der Waals surface area contributed by atoms with Crippen LogP contribution in [-0.2, 0) is 26.0 Å². The second kappa shape index (κ2) is 8.98. The van der Waals surface area contributed by atoms with Crippen LogP contribution < -0.4 is 15.8 Å². The van der Waals surface area contributed by atoms with E-state index < -0.39 is 22.0 Å². The number of primary amides is 1. The largest absolute Gasteiger partial charge is 0.369 e. The molecule has 2 aromatic rings. The molecule has 27 heavy (non-hydrogen) atoms. The van der Waals surface area contributed by atoms with Crippen LogP contribution in [-0.4, -0.2) is 26.5 Å². The zero-order valence-corrected chi connectivity index (χ0v) is 16.2. The third kappa shape index (κ3) is 7.38. The molecule has 0 aliphatic rings. The molecule has 0 fully saturated rings. The summed E-state index contributed by atoms with van der Waals surface area (Å²) in [7, 11) is -3.52. The summed E-state index contributed by atoms with van der Waals surface area (Å²) in [6.45, 7) is 0. The van der Waals surface area contributed by atoms with Crippen molar-refractivity contribution in [1.82, 2.24) is 4.72 Å². The lowest BCUT2D eigenvalue weighted by atomic mass is 10.0. The van der Waals surface area contributed by atoms with Gasteiger partial charge in [-0.3, -0.25) is 9.59 Å². The fourth-order valence-corrected chi connectivity index (χ4v) is 3.35. The Morgan fingerprint density at radius 2 is 1.67 bits per heavy atom. The van der Waals surface area contributed by atoms with Gasteiger partial charge in [-0.05, 0) is 35.4 Å². The number of anilines is 1. The summed E-state index contributed by atoms with van der Waals surface area (Å²) in [4.78, 5) is 23.3. The number of carbonyl (C=O) groups is 2. The number of hydrogen-bond donors (Lipinski definition) is 3. The van der Waals surface area contributed by atoms with Gasteiger partial charge in [0.2, 0.25) is 21.8 Å². The summed E-state index contributed by atoms with van der Waals surface area (Å²) >= 11 is 5.86. The zero-order valence-electron chi connectivity index (χ0n) is 14.6. The van der Waals surface area contributed by atoms with E-state index in [2.05, 4.69) is 10.0 Å². The van der Waals surface area contributed by atoms with E-state index in [0.29, 0.717) is 16.3 Å². The third-order valence-corrected chi connectivity index (χ3v) is 4.60. The van der Waals surface area contributed by atoms with Crippen LogP contribution in [0.2, 0.25) is 5.02 Å². The monoisotopic (exact) mass is 409 g/mol. The lowest BCUT2D eigenvalue weighted by Gasteiger charge is -2.18. The number of halogens is 1. The van der Waals surface area contributed by atoms with E-state index in [1.54, 1.807) is 48.5 Å². The summed E-state index contributed by atoms with van der Waals surface area (Å²) in [6.07, 6.45) is 1.05. The van der Waals surface area contributed by atoms with E-state index in [1.165, 1.54) is 0 Å². The van der Waals surface area contributed by atoms with E-state index in [1.807, 2.05) is 0 Å². The molecular formula is C18H20ClN3O4S. The Balaban J connectivity index is 2.08. The topological polar surface area (TPSA) is 118 Å². The van der Waals surface area contributed by atoms with Crippen LogP contribution in [0.4, 0.5) is 5.69 Å². The van der Waals surface area contributed by atoms with Gasteiger partial charge in [-0.25, -0.2) is 13.1 Å². The highest BCUT2D eigenvalue weighted by Crippen LogP contribution is 2.21. The molecule has 2 rings (SSSR count). The van der Waals surface area contributed by atoms with Gasteiger partial charge in [0.05, 0.1) is 18.7 Å². The molecule has 0 unspecified atom stereocenters. The molecule has 2 aromatic carbocycles. The molecule has 0 radical (unpaired) electrons. The Hall–Kier alpha value is -2.42. The van der Waals surface area contributed by atoms with Gasteiger partial charge in [0.25, 0.3) is 0 Å². The molecule has 9 heteroatoms. The van der Waals surface area contributed by atoms with Crippen LogP contribution in [0.15, 0.2) is 48.5 Å². The highest BCUT2D eigenvalue weighted by molar-refractivity contribution is 7.88. The van der Waals surface area contributed by atoms with Crippen molar-refractivity contribution >= 4 is 39.1 Å². The Kier molecular flexibility index (Phi) is 6.95. The molecule has 2 amide bonds. The van der Waals surface area contributed by atoms with Crippen molar-refractivity contribution in [2.24, 2.45) is 5.73 Å². The average Bonchev–Trinajstić information content (AvgIpc) is 2.55. The highest BCUT2D eigenvalue weighted by Gasteiger charge is 2.20. The normalized spacial score (nSPS) is 12.4. The number of nitrogens with two attached hydrogens (primary N) is 1. The van der Waals surface area contributed by atoms with Crippen molar-refractivity contribution in [1.29, 1.82) is 0 Å². The van der Waals surface area contributed by atoms with Gasteiger partial charge in [-0.2, -0.15) is 0 Å². The third-order valence-electron chi connectivity index (χ3n) is 3.63. The van der Waals surface area contributed by atoms with Crippen molar-refractivity contribution in [2.75, 3.05) is 11.6 Å². The van der Waals surface area contributed by atoms with Crippen molar-refractivity contribution in [2.45, 2.75) is 18.9 Å². The predicted molar refractivity (Wildman–Crippen MR) is 105 cm³/mol. The van der Waals surface area contributed by atoms with Crippen LogP contribution in [0.3, 0.4) is 0 Å². The average molecular weight is 410 g/mol. The van der Waals surface area contributed by atoms with Crippen molar-refractivity contribution in [3.8, 4) is 0 Å². The van der Waals surface area contributed by atoms with Crippen LogP contribution >= 0.6 is 11.6 Å². The maximum Gasteiger partial charge on any atom is 0.226 e. The SMILES string of the molecule is CS(=O)(=O)N[C@H](CC(=O)Nc1ccc(CC(N)=O)cc1)c1ccc(Cl)cc1. The van der Waals surface area contributed by atoms with Crippen LogP contribution in [0.5, 0.6) is 0 Å². The summed E-state index contributed by atoms with van der Waals surface area (Å²) < 4.78 is 25.7.